The highest BCUT2D eigenvalue weighted by molar-refractivity contribution is 6.01. The van der Waals surface area contributed by atoms with E-state index in [-0.39, 0.29) is 17.8 Å². The molecule has 10 nitrogen and oxygen atoms in total. The van der Waals surface area contributed by atoms with Gasteiger partial charge in [0.25, 0.3) is 0 Å². The van der Waals surface area contributed by atoms with Crippen LogP contribution >= 0.6 is 0 Å². The second kappa shape index (κ2) is 11.2. The summed E-state index contributed by atoms with van der Waals surface area (Å²) < 4.78 is 15.0. The van der Waals surface area contributed by atoms with Gasteiger partial charge in [0.05, 0.1) is 17.9 Å². The van der Waals surface area contributed by atoms with Crippen molar-refractivity contribution in [2.75, 3.05) is 50.7 Å². The number of nitrogens with one attached hydrogen (secondary N) is 1. The van der Waals surface area contributed by atoms with Crippen LogP contribution in [0.3, 0.4) is 0 Å². The van der Waals surface area contributed by atoms with Gasteiger partial charge in [0, 0.05) is 58.2 Å². The molecule has 11 heteroatoms. The van der Waals surface area contributed by atoms with Gasteiger partial charge in [-0.2, -0.15) is 0 Å². The van der Waals surface area contributed by atoms with Gasteiger partial charge in [-0.1, -0.05) is 11.2 Å². The van der Waals surface area contributed by atoms with E-state index in [1.807, 2.05) is 15.9 Å². The number of hydrogen-bond donors (Lipinski definition) is 2. The highest BCUT2D eigenvalue weighted by Gasteiger charge is 2.25. The first kappa shape index (κ1) is 23.8. The van der Waals surface area contributed by atoms with Crippen molar-refractivity contribution in [2.45, 2.75) is 38.7 Å². The maximum atomic E-state index is 15.0. The lowest BCUT2D eigenvalue weighted by atomic mass is 10.0. The molecule has 2 fully saturated rings. The number of nitrogens with two attached hydrogens (primary N) is 1. The number of anilines is 1. The number of piperazine rings is 1. The minimum Gasteiger partial charge on any atom is -0.390 e. The number of guanidine groups is 1. The smallest absolute Gasteiger partial charge is 0.217 e. The lowest BCUT2D eigenvalue weighted by Gasteiger charge is -2.36. The number of likely N-dealkylation sites (tertiary alicyclic amines) is 1. The first-order chi connectivity index (χ1) is 16.5. The molecular weight excluding hydrogens is 439 g/mol. The second-order valence-corrected chi connectivity index (χ2v) is 8.83. The van der Waals surface area contributed by atoms with Gasteiger partial charge in [0.2, 0.25) is 11.9 Å². The number of carbonyl (C=O) groups is 1. The molecule has 4 rings (SSSR count). The molecule has 0 bridgehead atoms. The van der Waals surface area contributed by atoms with Crippen molar-refractivity contribution < 1.29 is 14.0 Å². The van der Waals surface area contributed by atoms with Crippen molar-refractivity contribution in [1.29, 1.82) is 0 Å². The number of oxime groups is 1. The Morgan fingerprint density at radius 1 is 1.24 bits per heavy atom. The van der Waals surface area contributed by atoms with Crippen molar-refractivity contribution in [2.24, 2.45) is 21.1 Å². The molecular formula is C23H33FN8O2. The lowest BCUT2D eigenvalue weighted by molar-refractivity contribution is -0.119. The molecule has 3 aliphatic rings. The molecule has 0 aliphatic carbocycles. The Labute approximate surface area is 199 Å². The van der Waals surface area contributed by atoms with Gasteiger partial charge in [-0.15, -0.1) is 10.2 Å². The summed E-state index contributed by atoms with van der Waals surface area (Å²) in [5.41, 5.74) is 8.04. The summed E-state index contributed by atoms with van der Waals surface area (Å²) in [6.07, 6.45) is 5.70. The predicted molar refractivity (Wildman–Crippen MR) is 130 cm³/mol. The standard InChI is InChI=1S/C23H33FN8O2/c1-17(33)26-15-19-14-21(29-34-19)18-5-6-22(20(24)13-18)31-9-11-32(12-10-31)23(25)28-27-16-30-7-3-2-4-8-30/h5-6,13,16,19H,2-4,7-12,14-15H2,1H3,(H2,25,28)(H,26,33)/b27-16-. The number of nitrogens with zero attached hydrogens (tertiary/aromatic N) is 6. The highest BCUT2D eigenvalue weighted by atomic mass is 19.1. The number of benzene rings is 1. The van der Waals surface area contributed by atoms with Gasteiger partial charge in [0.15, 0.2) is 0 Å². The molecule has 1 amide bonds. The molecule has 3 N–H and O–H groups in total. The van der Waals surface area contributed by atoms with Crippen LogP contribution < -0.4 is 16.0 Å². The summed E-state index contributed by atoms with van der Waals surface area (Å²) in [5.74, 6) is -0.0331. The van der Waals surface area contributed by atoms with Gasteiger partial charge in [0.1, 0.15) is 18.3 Å². The number of rotatable bonds is 6. The quantitative estimate of drug-likeness (QED) is 0.367. The SMILES string of the molecule is CC(=O)NCC1CC(c2ccc(N3CCN(/C(N)=N/N=C\N4CCCCC4)CC3)c(F)c2)=NO1. The van der Waals surface area contributed by atoms with Gasteiger partial charge in [-0.05, 0) is 31.4 Å². The van der Waals surface area contributed by atoms with E-state index in [4.69, 9.17) is 10.6 Å². The molecule has 3 heterocycles. The van der Waals surface area contributed by atoms with Crippen molar-refractivity contribution in [3.63, 3.8) is 0 Å². The molecule has 0 spiro atoms. The number of halogens is 1. The summed E-state index contributed by atoms with van der Waals surface area (Å²) in [4.78, 5) is 22.6. The Morgan fingerprint density at radius 3 is 2.71 bits per heavy atom. The van der Waals surface area contributed by atoms with Crippen LogP contribution in [0, 0.1) is 5.82 Å². The zero-order chi connectivity index (χ0) is 23.9. The summed E-state index contributed by atoms with van der Waals surface area (Å²) in [6, 6.07) is 5.14. The first-order valence-electron chi connectivity index (χ1n) is 11.9. The van der Waals surface area contributed by atoms with E-state index < -0.39 is 0 Å². The Bertz CT molecular complexity index is 952. The van der Waals surface area contributed by atoms with Gasteiger partial charge < -0.3 is 30.6 Å². The first-order valence-corrected chi connectivity index (χ1v) is 11.9. The number of hydrogen-bond acceptors (Lipinski definition) is 6. The Hall–Kier alpha value is -3.37. The van der Waals surface area contributed by atoms with E-state index in [2.05, 4.69) is 25.6 Å². The van der Waals surface area contributed by atoms with Crippen LogP contribution in [0.4, 0.5) is 10.1 Å². The van der Waals surface area contributed by atoms with Crippen molar-refractivity contribution >= 4 is 29.6 Å². The van der Waals surface area contributed by atoms with E-state index in [1.165, 1.54) is 32.3 Å². The molecule has 2 saturated heterocycles. The van der Waals surface area contributed by atoms with Crippen LogP contribution in [-0.4, -0.2) is 85.6 Å². The van der Waals surface area contributed by atoms with Crippen LogP contribution in [0.5, 0.6) is 0 Å². The molecule has 1 aromatic carbocycles. The molecule has 0 radical (unpaired) electrons. The zero-order valence-electron chi connectivity index (χ0n) is 19.6. The monoisotopic (exact) mass is 472 g/mol. The Balaban J connectivity index is 1.28. The van der Waals surface area contributed by atoms with Crippen LogP contribution in [-0.2, 0) is 9.63 Å². The van der Waals surface area contributed by atoms with E-state index in [0.29, 0.717) is 62.1 Å². The number of carbonyl (C=O) groups excluding carboxylic acids is 1. The van der Waals surface area contributed by atoms with Crippen molar-refractivity contribution in [3.8, 4) is 0 Å². The second-order valence-electron chi connectivity index (χ2n) is 8.83. The third kappa shape index (κ3) is 6.15. The fourth-order valence-corrected chi connectivity index (χ4v) is 4.34. The van der Waals surface area contributed by atoms with Crippen molar-refractivity contribution in [3.05, 3.63) is 29.6 Å². The normalized spacial score (nSPS) is 21.6. The molecule has 1 aromatic rings. The number of amides is 1. The van der Waals surface area contributed by atoms with Crippen LogP contribution in [0.1, 0.15) is 38.2 Å². The Morgan fingerprint density at radius 2 is 2.00 bits per heavy atom. The van der Waals surface area contributed by atoms with Gasteiger partial charge in [-0.25, -0.2) is 4.39 Å². The molecule has 1 atom stereocenters. The summed E-state index contributed by atoms with van der Waals surface area (Å²) in [7, 11) is 0. The van der Waals surface area contributed by atoms with Gasteiger partial charge in [-0.3, -0.25) is 4.79 Å². The predicted octanol–water partition coefficient (Wildman–Crippen LogP) is 1.32. The van der Waals surface area contributed by atoms with Gasteiger partial charge >= 0.3 is 0 Å². The molecule has 0 saturated carbocycles. The Kier molecular flexibility index (Phi) is 7.81. The third-order valence-corrected chi connectivity index (χ3v) is 6.30. The van der Waals surface area contributed by atoms with Crippen molar-refractivity contribution in [1.82, 2.24) is 15.1 Å². The fourth-order valence-electron chi connectivity index (χ4n) is 4.34. The third-order valence-electron chi connectivity index (χ3n) is 6.30. The fraction of sp³-hybridized carbons (Fsp3) is 0.565. The van der Waals surface area contributed by atoms with Crippen LogP contribution in [0.15, 0.2) is 33.6 Å². The van der Waals surface area contributed by atoms with Crippen LogP contribution in [0.2, 0.25) is 0 Å². The average molecular weight is 473 g/mol. The van der Waals surface area contributed by atoms with E-state index in [9.17, 15) is 9.18 Å². The molecule has 184 valence electrons. The number of piperidine rings is 1. The molecule has 1 unspecified atom stereocenters. The topological polar surface area (TPSA) is 111 Å². The molecule has 0 aromatic heterocycles. The summed E-state index contributed by atoms with van der Waals surface area (Å²) >= 11 is 0. The largest absolute Gasteiger partial charge is 0.390 e. The summed E-state index contributed by atoms with van der Waals surface area (Å²) in [5, 5.41) is 15.1. The molecule has 34 heavy (non-hydrogen) atoms. The van der Waals surface area contributed by atoms with E-state index in [1.54, 1.807) is 12.4 Å². The summed E-state index contributed by atoms with van der Waals surface area (Å²) in [6.45, 7) is 6.40. The molecule has 3 aliphatic heterocycles. The lowest BCUT2D eigenvalue weighted by Crippen LogP contribution is -2.51. The average Bonchev–Trinajstić information content (AvgIpc) is 3.33. The minimum absolute atomic E-state index is 0.120. The minimum atomic E-state index is -0.299. The maximum absolute atomic E-state index is 15.0. The highest BCUT2D eigenvalue weighted by Crippen LogP contribution is 2.25. The van der Waals surface area contributed by atoms with E-state index >= 15 is 0 Å². The van der Waals surface area contributed by atoms with Crippen LogP contribution in [0.25, 0.3) is 0 Å². The zero-order valence-corrected chi connectivity index (χ0v) is 19.6. The maximum Gasteiger partial charge on any atom is 0.217 e. The van der Waals surface area contributed by atoms with E-state index in [0.717, 1.165) is 13.1 Å².